The van der Waals surface area contributed by atoms with E-state index in [0.717, 1.165) is 6.54 Å². The summed E-state index contributed by atoms with van der Waals surface area (Å²) < 4.78 is 5.44. The van der Waals surface area contributed by atoms with E-state index in [1.54, 1.807) is 0 Å². The van der Waals surface area contributed by atoms with Gasteiger partial charge in [0, 0.05) is 6.54 Å². The molecule has 0 saturated carbocycles. The fraction of sp³-hybridized carbons (Fsp3) is 0.889. The summed E-state index contributed by atoms with van der Waals surface area (Å²) in [6, 6.07) is 0. The Kier molecular flexibility index (Phi) is 4.31. The van der Waals surface area contributed by atoms with Gasteiger partial charge in [0.2, 0.25) is 5.91 Å². The summed E-state index contributed by atoms with van der Waals surface area (Å²) in [5.74, 6) is 0.178. The number of carbonyl (C=O) groups is 1. The van der Waals surface area contributed by atoms with E-state index in [1.807, 2.05) is 23.9 Å². The maximum absolute atomic E-state index is 11.7. The molecule has 14 heavy (non-hydrogen) atoms. The van der Waals surface area contributed by atoms with Crippen LogP contribution in [0.25, 0.3) is 0 Å². The molecule has 0 aromatic carbocycles. The summed E-state index contributed by atoms with van der Waals surface area (Å²) in [6.45, 7) is 3.24. The molecule has 0 radical (unpaired) electrons. The summed E-state index contributed by atoms with van der Waals surface area (Å²) in [7, 11) is 3.80. The van der Waals surface area contributed by atoms with Gasteiger partial charge in [0.1, 0.15) is 12.6 Å². The van der Waals surface area contributed by atoms with Gasteiger partial charge < -0.3 is 20.3 Å². The van der Waals surface area contributed by atoms with Crippen LogP contribution in [0.2, 0.25) is 0 Å². The van der Waals surface area contributed by atoms with E-state index in [-0.39, 0.29) is 12.0 Å². The lowest BCUT2D eigenvalue weighted by molar-refractivity contribution is -0.388. The Morgan fingerprint density at radius 1 is 1.64 bits per heavy atom. The fourth-order valence-electron chi connectivity index (χ4n) is 1.49. The number of hydrogen-bond acceptors (Lipinski definition) is 3. The van der Waals surface area contributed by atoms with Gasteiger partial charge in [-0.15, -0.1) is 0 Å². The van der Waals surface area contributed by atoms with Crippen molar-refractivity contribution in [2.45, 2.75) is 6.10 Å². The van der Waals surface area contributed by atoms with Gasteiger partial charge in [-0.2, -0.15) is 0 Å². The molecule has 0 aromatic heterocycles. The van der Waals surface area contributed by atoms with Gasteiger partial charge >= 0.3 is 0 Å². The zero-order valence-electron chi connectivity index (χ0n) is 9.03. The first-order chi connectivity index (χ1) is 6.63. The van der Waals surface area contributed by atoms with Gasteiger partial charge in [-0.05, 0) is 14.1 Å². The Hall–Kier alpha value is -0.650. The number of quaternary nitrogens is 1. The first kappa shape index (κ1) is 11.4. The summed E-state index contributed by atoms with van der Waals surface area (Å²) in [6.07, 6.45) is 0.120. The first-order valence-electron chi connectivity index (χ1n) is 4.97. The van der Waals surface area contributed by atoms with Crippen molar-refractivity contribution in [2.75, 3.05) is 46.9 Å². The second kappa shape index (κ2) is 5.29. The van der Waals surface area contributed by atoms with Gasteiger partial charge in [-0.25, -0.2) is 0 Å². The Morgan fingerprint density at radius 3 is 2.93 bits per heavy atom. The highest BCUT2D eigenvalue weighted by molar-refractivity contribution is 5.78. The topological polar surface area (TPSA) is 60.4 Å². The number of likely N-dealkylation sites (N-methyl/N-ethyl adjacent to an activating group) is 1. The average Bonchev–Trinajstić information content (AvgIpc) is 2.17. The van der Waals surface area contributed by atoms with E-state index in [1.165, 1.54) is 0 Å². The van der Waals surface area contributed by atoms with Gasteiger partial charge in [-0.3, -0.25) is 4.79 Å². The van der Waals surface area contributed by atoms with Crippen molar-refractivity contribution in [1.29, 1.82) is 0 Å². The molecule has 3 N–H and O–H groups in total. The van der Waals surface area contributed by atoms with Crippen molar-refractivity contribution in [3.8, 4) is 0 Å². The maximum atomic E-state index is 11.7. The lowest BCUT2D eigenvalue weighted by atomic mass is 10.2. The van der Waals surface area contributed by atoms with Crippen LogP contribution in [0, 0.1) is 0 Å². The van der Waals surface area contributed by atoms with E-state index >= 15 is 0 Å². The predicted molar refractivity (Wildman–Crippen MR) is 52.6 cm³/mol. The van der Waals surface area contributed by atoms with Crippen molar-refractivity contribution >= 4 is 5.91 Å². The highest BCUT2D eigenvalue weighted by Crippen LogP contribution is 2.04. The lowest BCUT2D eigenvalue weighted by Crippen LogP contribution is -2.61. The van der Waals surface area contributed by atoms with E-state index in [0.29, 0.717) is 26.2 Å². The van der Waals surface area contributed by atoms with Gasteiger partial charge in [-0.1, -0.05) is 0 Å². The third-order valence-electron chi connectivity index (χ3n) is 2.26. The van der Waals surface area contributed by atoms with E-state index in [4.69, 9.17) is 4.74 Å². The monoisotopic (exact) mass is 202 g/mol. The third kappa shape index (κ3) is 3.25. The van der Waals surface area contributed by atoms with E-state index in [2.05, 4.69) is 5.73 Å². The van der Waals surface area contributed by atoms with Crippen LogP contribution in [0.5, 0.6) is 0 Å². The largest absolute Gasteiger partial charge is 0.369 e. The second-order valence-corrected chi connectivity index (χ2v) is 3.86. The molecule has 5 nitrogen and oxygen atoms in total. The summed E-state index contributed by atoms with van der Waals surface area (Å²) in [4.78, 5) is 15.4. The minimum atomic E-state index is 0.120. The molecule has 1 amide bonds. The highest BCUT2D eigenvalue weighted by atomic mass is 16.5. The second-order valence-electron chi connectivity index (χ2n) is 3.86. The molecule has 1 aliphatic rings. The number of hydrogen-bond donors (Lipinski definition) is 1. The SMILES string of the molecule is CN(C)CC(=O)N1CCOC(C[NH3+])C1. The van der Waals surface area contributed by atoms with Crippen molar-refractivity contribution in [3.05, 3.63) is 0 Å². The van der Waals surface area contributed by atoms with Crippen molar-refractivity contribution in [1.82, 2.24) is 9.80 Å². The predicted octanol–water partition coefficient (Wildman–Crippen LogP) is -1.98. The molecule has 0 aliphatic carbocycles. The molecule has 1 aliphatic heterocycles. The zero-order chi connectivity index (χ0) is 10.6. The smallest absolute Gasteiger partial charge is 0.236 e. The number of rotatable bonds is 3. The first-order valence-corrected chi connectivity index (χ1v) is 4.97. The van der Waals surface area contributed by atoms with Crippen LogP contribution >= 0.6 is 0 Å². The molecule has 0 aromatic rings. The van der Waals surface area contributed by atoms with Crippen molar-refractivity contribution in [3.63, 3.8) is 0 Å². The summed E-state index contributed by atoms with van der Waals surface area (Å²) >= 11 is 0. The van der Waals surface area contributed by atoms with Crippen molar-refractivity contribution in [2.24, 2.45) is 0 Å². The summed E-state index contributed by atoms with van der Waals surface area (Å²) in [5, 5.41) is 0. The summed E-state index contributed by atoms with van der Waals surface area (Å²) in [5.41, 5.74) is 3.79. The molecule has 1 unspecified atom stereocenters. The van der Waals surface area contributed by atoms with Crippen LogP contribution < -0.4 is 5.73 Å². The van der Waals surface area contributed by atoms with Crippen LogP contribution in [0.3, 0.4) is 0 Å². The molecule has 1 fully saturated rings. The normalized spacial score (nSPS) is 22.9. The van der Waals surface area contributed by atoms with Crippen LogP contribution in [0.1, 0.15) is 0 Å². The molecule has 1 saturated heterocycles. The molecule has 1 atom stereocenters. The Balaban J connectivity index is 2.39. The van der Waals surface area contributed by atoms with Gasteiger partial charge in [0.05, 0.1) is 19.7 Å². The molecular formula is C9H20N3O2+. The Labute approximate surface area is 84.8 Å². The number of carbonyl (C=O) groups excluding carboxylic acids is 1. The molecule has 82 valence electrons. The minimum Gasteiger partial charge on any atom is -0.369 e. The Bertz CT molecular complexity index is 196. The fourth-order valence-corrected chi connectivity index (χ4v) is 1.49. The van der Waals surface area contributed by atoms with Crippen LogP contribution in [0.15, 0.2) is 0 Å². The van der Waals surface area contributed by atoms with Crippen LogP contribution in [0.4, 0.5) is 0 Å². The highest BCUT2D eigenvalue weighted by Gasteiger charge is 2.24. The molecule has 5 heteroatoms. The number of nitrogens with zero attached hydrogens (tertiary/aromatic N) is 2. The Morgan fingerprint density at radius 2 is 2.36 bits per heavy atom. The number of amides is 1. The van der Waals surface area contributed by atoms with Gasteiger partial charge in [0.25, 0.3) is 0 Å². The minimum absolute atomic E-state index is 0.120. The van der Waals surface area contributed by atoms with E-state index < -0.39 is 0 Å². The molecule has 0 spiro atoms. The van der Waals surface area contributed by atoms with Crippen molar-refractivity contribution < 1.29 is 15.3 Å². The maximum Gasteiger partial charge on any atom is 0.236 e. The standard InChI is InChI=1S/C9H19N3O2/c1-11(2)7-9(13)12-3-4-14-8(5-10)6-12/h8H,3-7,10H2,1-2H3/p+1. The lowest BCUT2D eigenvalue weighted by Gasteiger charge is -2.32. The quantitative estimate of drug-likeness (QED) is 0.577. The molecular weight excluding hydrogens is 182 g/mol. The average molecular weight is 202 g/mol. The molecule has 1 rings (SSSR count). The molecule has 0 bridgehead atoms. The molecule has 1 heterocycles. The van der Waals surface area contributed by atoms with E-state index in [9.17, 15) is 4.79 Å². The van der Waals surface area contributed by atoms with Crippen LogP contribution in [-0.2, 0) is 9.53 Å². The third-order valence-corrected chi connectivity index (χ3v) is 2.26. The zero-order valence-corrected chi connectivity index (χ0v) is 9.03. The number of morpholine rings is 1. The van der Waals surface area contributed by atoms with Crippen LogP contribution in [-0.4, -0.2) is 68.7 Å². The number of ether oxygens (including phenoxy) is 1. The van der Waals surface area contributed by atoms with Gasteiger partial charge in [0.15, 0.2) is 0 Å².